The Morgan fingerprint density at radius 3 is 2.10 bits per heavy atom. The predicted octanol–water partition coefficient (Wildman–Crippen LogP) is 8.01. The standard InChI is InChI=1S/C42H43N3O6/c46-40-37-19-18-36(51-41(47)44-22-7-13-32(20-24-44)27-31-9-3-1-4-10-31)28-39(37)49-30-38(40)34-14-16-35(17-15-34)50-42(48)45-23-8-21-43(25-26-45)29-33-11-5-2-6-12-33/h1-6,9-12,14-19,28,30,32H,7-8,13,20-27,29H2. The van der Waals surface area contributed by atoms with E-state index in [1.54, 1.807) is 52.3 Å². The first-order valence-electron chi connectivity index (χ1n) is 17.9. The van der Waals surface area contributed by atoms with Gasteiger partial charge in [0, 0.05) is 51.9 Å². The quantitative estimate of drug-likeness (QED) is 0.171. The molecule has 0 N–H and O–H groups in total. The minimum atomic E-state index is -0.393. The van der Waals surface area contributed by atoms with Crippen LogP contribution >= 0.6 is 0 Å². The molecule has 3 heterocycles. The van der Waals surface area contributed by atoms with Crippen molar-refractivity contribution in [1.29, 1.82) is 0 Å². The van der Waals surface area contributed by atoms with E-state index in [0.717, 1.165) is 51.7 Å². The van der Waals surface area contributed by atoms with Crippen molar-refractivity contribution in [3.63, 3.8) is 0 Å². The summed E-state index contributed by atoms with van der Waals surface area (Å²) in [5, 5.41) is 0.379. The normalized spacial score (nSPS) is 17.1. The minimum absolute atomic E-state index is 0.208. The molecule has 1 aromatic heterocycles. The first kappa shape index (κ1) is 34.1. The van der Waals surface area contributed by atoms with Crippen molar-refractivity contribution in [1.82, 2.24) is 14.7 Å². The van der Waals surface area contributed by atoms with Crippen molar-refractivity contribution < 1.29 is 23.5 Å². The van der Waals surface area contributed by atoms with Gasteiger partial charge in [-0.05, 0) is 79.0 Å². The molecule has 0 aliphatic carbocycles. The lowest BCUT2D eigenvalue weighted by atomic mass is 9.93. The molecular weight excluding hydrogens is 642 g/mol. The van der Waals surface area contributed by atoms with E-state index >= 15 is 0 Å². The van der Waals surface area contributed by atoms with E-state index in [9.17, 15) is 14.4 Å². The van der Waals surface area contributed by atoms with E-state index in [0.29, 0.717) is 65.7 Å². The fourth-order valence-electron chi connectivity index (χ4n) is 7.06. The second kappa shape index (κ2) is 16.1. The van der Waals surface area contributed by atoms with Crippen molar-refractivity contribution in [2.24, 2.45) is 5.92 Å². The van der Waals surface area contributed by atoms with Crippen molar-refractivity contribution in [3.05, 3.63) is 131 Å². The zero-order valence-electron chi connectivity index (χ0n) is 28.7. The molecule has 4 aromatic carbocycles. The number of hydrogen-bond acceptors (Lipinski definition) is 7. The highest BCUT2D eigenvalue weighted by atomic mass is 16.6. The summed E-state index contributed by atoms with van der Waals surface area (Å²) >= 11 is 0. The van der Waals surface area contributed by atoms with Crippen LogP contribution in [0.4, 0.5) is 9.59 Å². The Kier molecular flexibility index (Phi) is 10.7. The van der Waals surface area contributed by atoms with Gasteiger partial charge in [-0.15, -0.1) is 0 Å². The van der Waals surface area contributed by atoms with Crippen LogP contribution in [0.15, 0.2) is 119 Å². The number of fused-ring (bicyclic) bond motifs is 1. The number of carbonyl (C=O) groups is 2. The lowest BCUT2D eigenvalue weighted by Gasteiger charge is -2.21. The minimum Gasteiger partial charge on any atom is -0.463 e. The molecule has 0 spiro atoms. The average Bonchev–Trinajstić information content (AvgIpc) is 3.54. The molecule has 2 aliphatic rings. The predicted molar refractivity (Wildman–Crippen MR) is 197 cm³/mol. The summed E-state index contributed by atoms with van der Waals surface area (Å²) in [6, 6.07) is 32.5. The summed E-state index contributed by atoms with van der Waals surface area (Å²) in [6.45, 7) is 5.08. The van der Waals surface area contributed by atoms with Crippen LogP contribution in [0.1, 0.15) is 36.8 Å². The summed E-state index contributed by atoms with van der Waals surface area (Å²) < 4.78 is 17.3. The molecule has 0 bridgehead atoms. The maximum atomic E-state index is 13.5. The van der Waals surface area contributed by atoms with Crippen molar-refractivity contribution >= 4 is 23.2 Å². The first-order chi connectivity index (χ1) is 25.0. The Labute approximate surface area is 298 Å². The van der Waals surface area contributed by atoms with E-state index in [4.69, 9.17) is 13.9 Å². The average molecular weight is 686 g/mol. The molecular formula is C42H43N3O6. The largest absolute Gasteiger partial charge is 0.463 e. The molecule has 7 rings (SSSR count). The lowest BCUT2D eigenvalue weighted by molar-refractivity contribution is 0.152. The fourth-order valence-corrected chi connectivity index (χ4v) is 7.06. The van der Waals surface area contributed by atoms with Gasteiger partial charge < -0.3 is 23.7 Å². The number of carbonyl (C=O) groups excluding carboxylic acids is 2. The number of likely N-dealkylation sites (tertiary alicyclic amines) is 1. The first-order valence-corrected chi connectivity index (χ1v) is 17.9. The van der Waals surface area contributed by atoms with Crippen molar-refractivity contribution in [2.45, 2.75) is 38.6 Å². The third-order valence-corrected chi connectivity index (χ3v) is 9.89. The SMILES string of the molecule is O=C(Oc1ccc2c(=O)c(-c3ccc(OC(=O)N4CCCN(Cc5ccccc5)CC4)cc3)coc2c1)N1CCCC(Cc2ccccc2)CC1. The van der Waals surface area contributed by atoms with Gasteiger partial charge in [0.05, 0.1) is 10.9 Å². The highest BCUT2D eigenvalue weighted by Gasteiger charge is 2.24. The molecule has 2 saturated heterocycles. The third-order valence-electron chi connectivity index (χ3n) is 9.89. The summed E-state index contributed by atoms with van der Waals surface area (Å²) in [6.07, 6.45) is 5.46. The molecule has 2 aliphatic heterocycles. The number of nitrogens with zero attached hydrogens (tertiary/aromatic N) is 3. The molecule has 9 heteroatoms. The molecule has 262 valence electrons. The number of amides is 2. The van der Waals surface area contributed by atoms with Gasteiger partial charge >= 0.3 is 12.2 Å². The van der Waals surface area contributed by atoms with Crippen molar-refractivity contribution in [2.75, 3.05) is 39.3 Å². The van der Waals surface area contributed by atoms with Gasteiger partial charge in [0.25, 0.3) is 0 Å². The second-order valence-corrected chi connectivity index (χ2v) is 13.5. The Balaban J connectivity index is 0.934. The van der Waals surface area contributed by atoms with E-state index in [2.05, 4.69) is 41.3 Å². The van der Waals surface area contributed by atoms with Gasteiger partial charge in [0.1, 0.15) is 23.3 Å². The van der Waals surface area contributed by atoms with Gasteiger partial charge in [-0.1, -0.05) is 72.8 Å². The summed E-state index contributed by atoms with van der Waals surface area (Å²) in [5.41, 5.74) is 3.73. The highest BCUT2D eigenvalue weighted by Crippen LogP contribution is 2.27. The van der Waals surface area contributed by atoms with Crippen LogP contribution in [-0.4, -0.2) is 66.2 Å². The van der Waals surface area contributed by atoms with E-state index in [1.807, 2.05) is 24.3 Å². The smallest absolute Gasteiger partial charge is 0.415 e. The molecule has 9 nitrogen and oxygen atoms in total. The van der Waals surface area contributed by atoms with E-state index in [1.165, 1.54) is 17.4 Å². The monoisotopic (exact) mass is 685 g/mol. The zero-order chi connectivity index (χ0) is 35.0. The molecule has 2 amide bonds. The van der Waals surface area contributed by atoms with E-state index < -0.39 is 6.09 Å². The molecule has 51 heavy (non-hydrogen) atoms. The van der Waals surface area contributed by atoms with Gasteiger partial charge in [-0.2, -0.15) is 0 Å². The second-order valence-electron chi connectivity index (χ2n) is 13.5. The summed E-state index contributed by atoms with van der Waals surface area (Å²) in [7, 11) is 0. The third kappa shape index (κ3) is 8.67. The molecule has 1 unspecified atom stereocenters. The van der Waals surface area contributed by atoms with Gasteiger partial charge in [-0.3, -0.25) is 9.69 Å². The topological polar surface area (TPSA) is 92.5 Å². The Hall–Kier alpha value is -5.41. The number of hydrogen-bond donors (Lipinski definition) is 0. The molecule has 0 saturated carbocycles. The molecule has 5 aromatic rings. The van der Waals surface area contributed by atoms with Crippen LogP contribution in [0.25, 0.3) is 22.1 Å². The van der Waals surface area contributed by atoms with Gasteiger partial charge in [0.2, 0.25) is 0 Å². The Bertz CT molecular complexity index is 2000. The zero-order valence-corrected chi connectivity index (χ0v) is 28.7. The van der Waals surface area contributed by atoms with Crippen LogP contribution in [0.5, 0.6) is 11.5 Å². The Morgan fingerprint density at radius 1 is 0.667 bits per heavy atom. The van der Waals surface area contributed by atoms with Crippen LogP contribution in [-0.2, 0) is 13.0 Å². The summed E-state index contributed by atoms with van der Waals surface area (Å²) in [4.78, 5) is 45.4. The van der Waals surface area contributed by atoms with Gasteiger partial charge in [0.15, 0.2) is 5.43 Å². The van der Waals surface area contributed by atoms with Crippen molar-refractivity contribution in [3.8, 4) is 22.6 Å². The summed E-state index contributed by atoms with van der Waals surface area (Å²) in [5.74, 6) is 1.26. The van der Waals surface area contributed by atoms with Crippen LogP contribution < -0.4 is 14.9 Å². The molecule has 1 atom stereocenters. The highest BCUT2D eigenvalue weighted by molar-refractivity contribution is 5.83. The van der Waals surface area contributed by atoms with E-state index in [-0.39, 0.29) is 11.5 Å². The lowest BCUT2D eigenvalue weighted by Crippen LogP contribution is -2.36. The molecule has 0 radical (unpaired) electrons. The number of rotatable bonds is 7. The number of ether oxygens (including phenoxy) is 2. The maximum absolute atomic E-state index is 13.5. The van der Waals surface area contributed by atoms with Crippen LogP contribution in [0.2, 0.25) is 0 Å². The fraction of sp³-hybridized carbons (Fsp3) is 0.310. The Morgan fingerprint density at radius 2 is 1.33 bits per heavy atom. The number of benzene rings is 4. The van der Waals surface area contributed by atoms with Gasteiger partial charge in [-0.25, -0.2) is 9.59 Å². The molecule has 2 fully saturated rings. The van der Waals surface area contributed by atoms with Crippen LogP contribution in [0, 0.1) is 5.92 Å². The maximum Gasteiger partial charge on any atom is 0.415 e. The van der Waals surface area contributed by atoms with Crippen LogP contribution in [0.3, 0.4) is 0 Å².